The van der Waals surface area contributed by atoms with E-state index in [0.717, 1.165) is 30.7 Å². The second kappa shape index (κ2) is 7.10. The fourth-order valence-corrected chi connectivity index (χ4v) is 2.87. The fraction of sp³-hybridized carbons (Fsp3) is 0.556. The minimum absolute atomic E-state index is 0.240. The second-order valence-electron chi connectivity index (χ2n) is 6.18. The minimum Gasteiger partial charge on any atom is -0.459 e. The molecule has 0 amide bonds. The summed E-state index contributed by atoms with van der Waals surface area (Å²) >= 11 is 0. The van der Waals surface area contributed by atoms with E-state index >= 15 is 0 Å². The van der Waals surface area contributed by atoms with Crippen molar-refractivity contribution in [2.75, 3.05) is 20.6 Å². The number of aryl methyl sites for hydroxylation is 1. The molecular formula is C18H28N2O. The van der Waals surface area contributed by atoms with Gasteiger partial charge in [0.1, 0.15) is 11.3 Å². The zero-order valence-electron chi connectivity index (χ0n) is 13.9. The molecule has 2 unspecified atom stereocenters. The first-order valence-electron chi connectivity index (χ1n) is 7.94. The molecule has 3 nitrogen and oxygen atoms in total. The first-order valence-corrected chi connectivity index (χ1v) is 7.94. The highest BCUT2D eigenvalue weighted by molar-refractivity contribution is 5.82. The van der Waals surface area contributed by atoms with Crippen LogP contribution in [0.3, 0.4) is 0 Å². The Hall–Kier alpha value is -1.32. The van der Waals surface area contributed by atoms with Gasteiger partial charge in [0.2, 0.25) is 0 Å². The maximum absolute atomic E-state index is 6.11. The van der Waals surface area contributed by atoms with Gasteiger partial charge in [-0.15, -0.1) is 0 Å². The van der Waals surface area contributed by atoms with Crippen molar-refractivity contribution in [3.05, 3.63) is 35.6 Å². The molecule has 0 fully saturated rings. The molecule has 1 N–H and O–H groups in total. The number of hydrogen-bond donors (Lipinski definition) is 1. The van der Waals surface area contributed by atoms with Gasteiger partial charge < -0.3 is 14.6 Å². The molecule has 0 bridgehead atoms. The summed E-state index contributed by atoms with van der Waals surface area (Å²) in [5.74, 6) is 1.09. The van der Waals surface area contributed by atoms with E-state index < -0.39 is 0 Å². The van der Waals surface area contributed by atoms with E-state index in [0.29, 0.717) is 6.04 Å². The van der Waals surface area contributed by atoms with Gasteiger partial charge in [-0.1, -0.05) is 25.1 Å². The Morgan fingerprint density at radius 2 is 1.90 bits per heavy atom. The first kappa shape index (κ1) is 16.1. The number of furan rings is 1. The van der Waals surface area contributed by atoms with Crippen LogP contribution < -0.4 is 5.32 Å². The topological polar surface area (TPSA) is 28.4 Å². The summed E-state index contributed by atoms with van der Waals surface area (Å²) < 4.78 is 6.11. The molecule has 1 heterocycles. The Labute approximate surface area is 128 Å². The van der Waals surface area contributed by atoms with Crippen molar-refractivity contribution in [1.82, 2.24) is 10.2 Å². The van der Waals surface area contributed by atoms with Crippen LogP contribution in [-0.2, 0) is 6.42 Å². The van der Waals surface area contributed by atoms with E-state index in [1.165, 1.54) is 10.9 Å². The van der Waals surface area contributed by atoms with Crippen LogP contribution in [0, 0.1) is 0 Å². The third-order valence-electron chi connectivity index (χ3n) is 4.02. The summed E-state index contributed by atoms with van der Waals surface area (Å²) in [5.41, 5.74) is 2.34. The highest BCUT2D eigenvalue weighted by atomic mass is 16.3. The molecule has 21 heavy (non-hydrogen) atoms. The highest BCUT2D eigenvalue weighted by Crippen LogP contribution is 2.30. The van der Waals surface area contributed by atoms with Gasteiger partial charge in [0.25, 0.3) is 0 Å². The van der Waals surface area contributed by atoms with Crippen molar-refractivity contribution < 1.29 is 4.42 Å². The molecule has 1 aromatic heterocycles. The lowest BCUT2D eigenvalue weighted by Gasteiger charge is -2.21. The zero-order chi connectivity index (χ0) is 15.4. The van der Waals surface area contributed by atoms with Crippen LogP contribution in [0.4, 0.5) is 0 Å². The van der Waals surface area contributed by atoms with Gasteiger partial charge in [0.05, 0.1) is 6.04 Å². The monoisotopic (exact) mass is 288 g/mol. The summed E-state index contributed by atoms with van der Waals surface area (Å²) in [6.45, 7) is 7.74. The SMILES string of the molecule is CCc1c(C(C)NC(C)CCN(C)C)oc2ccccc12. The molecule has 0 aliphatic carbocycles. The Morgan fingerprint density at radius 1 is 1.19 bits per heavy atom. The molecule has 0 saturated carbocycles. The van der Waals surface area contributed by atoms with Gasteiger partial charge in [-0.25, -0.2) is 0 Å². The average Bonchev–Trinajstić information content (AvgIpc) is 2.83. The van der Waals surface area contributed by atoms with Crippen molar-refractivity contribution in [3.63, 3.8) is 0 Å². The number of hydrogen-bond acceptors (Lipinski definition) is 3. The van der Waals surface area contributed by atoms with E-state index in [2.05, 4.69) is 63.3 Å². The van der Waals surface area contributed by atoms with Crippen molar-refractivity contribution in [2.45, 2.75) is 45.7 Å². The normalized spacial score (nSPS) is 14.8. The predicted octanol–water partition coefficient (Wildman–Crippen LogP) is 3.99. The summed E-state index contributed by atoms with van der Waals surface area (Å²) in [5, 5.41) is 4.92. The van der Waals surface area contributed by atoms with Crippen LogP contribution >= 0.6 is 0 Å². The molecule has 2 atom stereocenters. The van der Waals surface area contributed by atoms with Crippen LogP contribution in [0.25, 0.3) is 11.0 Å². The lowest BCUT2D eigenvalue weighted by molar-refractivity contribution is 0.341. The number of fused-ring (bicyclic) bond motifs is 1. The minimum atomic E-state index is 0.240. The predicted molar refractivity (Wildman–Crippen MR) is 89.8 cm³/mol. The first-order chi connectivity index (χ1) is 10.0. The van der Waals surface area contributed by atoms with Crippen molar-refractivity contribution in [3.8, 4) is 0 Å². The van der Waals surface area contributed by atoms with Crippen molar-refractivity contribution in [2.24, 2.45) is 0 Å². The van der Waals surface area contributed by atoms with Gasteiger partial charge in [-0.05, 0) is 53.4 Å². The molecular weight excluding hydrogens is 260 g/mol. The molecule has 2 aromatic rings. The maximum Gasteiger partial charge on any atom is 0.134 e. The standard InChI is InChI=1S/C18H28N2O/c1-6-15-16-9-7-8-10-17(16)21-18(15)14(3)19-13(2)11-12-20(4)5/h7-10,13-14,19H,6,11-12H2,1-5H3. The molecule has 2 rings (SSSR count). The lowest BCUT2D eigenvalue weighted by atomic mass is 10.0. The van der Waals surface area contributed by atoms with Crippen molar-refractivity contribution >= 4 is 11.0 Å². The molecule has 3 heteroatoms. The quantitative estimate of drug-likeness (QED) is 0.835. The van der Waals surface area contributed by atoms with Gasteiger partial charge >= 0.3 is 0 Å². The number of benzene rings is 1. The van der Waals surface area contributed by atoms with E-state index in [4.69, 9.17) is 4.42 Å². The molecule has 1 aromatic carbocycles. The summed E-state index contributed by atoms with van der Waals surface area (Å²) in [6, 6.07) is 9.04. The lowest BCUT2D eigenvalue weighted by Crippen LogP contribution is -2.32. The third-order valence-corrected chi connectivity index (χ3v) is 4.02. The Balaban J connectivity index is 2.13. The Morgan fingerprint density at radius 3 is 2.57 bits per heavy atom. The molecule has 0 aliphatic heterocycles. The largest absolute Gasteiger partial charge is 0.459 e. The van der Waals surface area contributed by atoms with E-state index in [1.54, 1.807) is 0 Å². The van der Waals surface area contributed by atoms with Gasteiger partial charge in [0.15, 0.2) is 0 Å². The van der Waals surface area contributed by atoms with Crippen LogP contribution in [0.1, 0.15) is 44.6 Å². The van der Waals surface area contributed by atoms with Gasteiger partial charge in [0, 0.05) is 17.0 Å². The van der Waals surface area contributed by atoms with Crippen LogP contribution in [0.5, 0.6) is 0 Å². The van der Waals surface area contributed by atoms with E-state index in [9.17, 15) is 0 Å². The molecule has 0 aliphatic rings. The number of para-hydroxylation sites is 1. The van der Waals surface area contributed by atoms with E-state index in [1.807, 2.05) is 6.07 Å². The molecule has 0 radical (unpaired) electrons. The molecule has 116 valence electrons. The molecule has 0 spiro atoms. The van der Waals surface area contributed by atoms with Gasteiger partial charge in [-0.3, -0.25) is 0 Å². The Kier molecular flexibility index (Phi) is 5.43. The van der Waals surface area contributed by atoms with Crippen LogP contribution in [-0.4, -0.2) is 31.6 Å². The second-order valence-corrected chi connectivity index (χ2v) is 6.18. The fourth-order valence-electron chi connectivity index (χ4n) is 2.87. The van der Waals surface area contributed by atoms with Gasteiger partial charge in [-0.2, -0.15) is 0 Å². The number of nitrogens with zero attached hydrogens (tertiary/aromatic N) is 1. The van der Waals surface area contributed by atoms with E-state index in [-0.39, 0.29) is 6.04 Å². The summed E-state index contributed by atoms with van der Waals surface area (Å²) in [4.78, 5) is 2.22. The van der Waals surface area contributed by atoms with Crippen molar-refractivity contribution in [1.29, 1.82) is 0 Å². The number of nitrogens with one attached hydrogen (secondary N) is 1. The zero-order valence-corrected chi connectivity index (χ0v) is 13.9. The number of rotatable bonds is 7. The smallest absolute Gasteiger partial charge is 0.134 e. The highest BCUT2D eigenvalue weighted by Gasteiger charge is 2.19. The maximum atomic E-state index is 6.11. The Bertz CT molecular complexity index is 574. The summed E-state index contributed by atoms with van der Waals surface area (Å²) in [7, 11) is 4.23. The van der Waals surface area contributed by atoms with Crippen LogP contribution in [0.15, 0.2) is 28.7 Å². The average molecular weight is 288 g/mol. The molecule has 0 saturated heterocycles. The third kappa shape index (κ3) is 3.86. The van der Waals surface area contributed by atoms with Crippen LogP contribution in [0.2, 0.25) is 0 Å². The summed E-state index contributed by atoms with van der Waals surface area (Å²) in [6.07, 6.45) is 2.14.